The number of aromatic hydroxyl groups is 1. The van der Waals surface area contributed by atoms with Crippen molar-refractivity contribution in [3.8, 4) is 22.9 Å². The van der Waals surface area contributed by atoms with Gasteiger partial charge in [0.25, 0.3) is 0 Å². The van der Waals surface area contributed by atoms with E-state index in [0.717, 1.165) is 49.4 Å². The lowest BCUT2D eigenvalue weighted by molar-refractivity contribution is 0.0446. The Morgan fingerprint density at radius 2 is 1.88 bits per heavy atom. The Bertz CT molecular complexity index is 1630. The molecule has 3 aromatic carbocycles. The Hall–Kier alpha value is -3.49. The Morgan fingerprint density at radius 3 is 2.76 bits per heavy atom. The molecule has 2 saturated heterocycles. The highest BCUT2D eigenvalue weighted by Crippen LogP contribution is 2.45. The van der Waals surface area contributed by atoms with Crippen LogP contribution >= 0.6 is 0 Å². The zero-order valence-corrected chi connectivity index (χ0v) is 23.5. The van der Waals surface area contributed by atoms with Crippen LogP contribution in [0.5, 0.6) is 11.8 Å². The van der Waals surface area contributed by atoms with Crippen molar-refractivity contribution in [1.29, 1.82) is 0 Å². The first-order valence-electron chi connectivity index (χ1n) is 14.9. The maximum atomic E-state index is 16.6. The SMILES string of the molecule is CC1(O)CCCN(c2nc(OCC34CCCNC3CCC4)nc3c(F)c(-c4cc(O)cc5ccccc45)ccc23)C1. The Kier molecular flexibility index (Phi) is 6.51. The third-order valence-corrected chi connectivity index (χ3v) is 9.51. The fraction of sp³-hybridized carbons (Fsp3) is 0.455. The minimum absolute atomic E-state index is 0.0480. The number of hydrogen-bond acceptors (Lipinski definition) is 7. The summed E-state index contributed by atoms with van der Waals surface area (Å²) in [5.41, 5.74) is 0.328. The first-order valence-corrected chi connectivity index (χ1v) is 14.9. The molecule has 41 heavy (non-hydrogen) atoms. The standard InChI is InChI=1S/C33H37FN4O3/c1-32(40)12-6-16-38(19-32)30-25-11-10-24(26-18-22(39)17-21-7-2-3-8-23(21)26)28(34)29(25)36-31(37-30)41-20-33-13-4-9-27(33)35-15-5-14-33/h2-3,7-8,10-11,17-18,27,35,39-40H,4-6,9,12-16,19-20H2,1H3. The summed E-state index contributed by atoms with van der Waals surface area (Å²) < 4.78 is 23.0. The van der Waals surface area contributed by atoms with Crippen LogP contribution in [0.2, 0.25) is 0 Å². The fourth-order valence-electron chi connectivity index (χ4n) is 7.48. The second-order valence-corrected chi connectivity index (χ2v) is 12.5. The number of β-amino-alcohol motifs (C(OH)–C–C–N with tert-alkyl or cyclic N) is 1. The molecule has 0 spiro atoms. The summed E-state index contributed by atoms with van der Waals surface area (Å²) >= 11 is 0. The van der Waals surface area contributed by atoms with Crippen LogP contribution in [-0.4, -0.2) is 58.1 Å². The summed E-state index contributed by atoms with van der Waals surface area (Å²) in [6, 6.07) is 15.1. The van der Waals surface area contributed by atoms with E-state index < -0.39 is 11.4 Å². The van der Waals surface area contributed by atoms with E-state index in [1.165, 1.54) is 6.42 Å². The van der Waals surface area contributed by atoms with Crippen LogP contribution in [0.25, 0.3) is 32.8 Å². The van der Waals surface area contributed by atoms with E-state index in [0.29, 0.717) is 54.5 Å². The molecule has 4 aromatic rings. The molecular formula is C33H37FN4O3. The quantitative estimate of drug-likeness (QED) is 0.280. The van der Waals surface area contributed by atoms with Crippen molar-refractivity contribution < 1.29 is 19.3 Å². The number of ether oxygens (including phenoxy) is 1. The van der Waals surface area contributed by atoms with Crippen LogP contribution < -0.4 is 15.0 Å². The van der Waals surface area contributed by atoms with E-state index in [1.807, 2.05) is 42.2 Å². The van der Waals surface area contributed by atoms with Gasteiger partial charge in [0.05, 0.1) is 12.2 Å². The zero-order valence-electron chi connectivity index (χ0n) is 23.5. The van der Waals surface area contributed by atoms with Crippen molar-refractivity contribution in [3.05, 3.63) is 54.3 Å². The van der Waals surface area contributed by atoms with Gasteiger partial charge in [-0.1, -0.05) is 36.8 Å². The van der Waals surface area contributed by atoms with Crippen molar-refractivity contribution in [2.45, 2.75) is 63.5 Å². The lowest BCUT2D eigenvalue weighted by atomic mass is 9.76. The van der Waals surface area contributed by atoms with Gasteiger partial charge in [0.15, 0.2) is 5.82 Å². The van der Waals surface area contributed by atoms with E-state index in [2.05, 4.69) is 10.3 Å². The molecule has 8 heteroatoms. The molecular weight excluding hydrogens is 519 g/mol. The molecule has 3 unspecified atom stereocenters. The summed E-state index contributed by atoms with van der Waals surface area (Å²) in [4.78, 5) is 11.5. The smallest absolute Gasteiger partial charge is 0.319 e. The minimum Gasteiger partial charge on any atom is -0.508 e. The van der Waals surface area contributed by atoms with Gasteiger partial charge >= 0.3 is 6.01 Å². The topological polar surface area (TPSA) is 90.7 Å². The van der Waals surface area contributed by atoms with Crippen LogP contribution in [-0.2, 0) is 0 Å². The molecule has 1 saturated carbocycles. The second-order valence-electron chi connectivity index (χ2n) is 12.5. The molecule has 1 aliphatic carbocycles. The molecule has 3 N–H and O–H groups in total. The van der Waals surface area contributed by atoms with Crippen molar-refractivity contribution in [2.24, 2.45) is 5.41 Å². The summed E-state index contributed by atoms with van der Waals surface area (Å²) in [6.45, 7) is 4.47. The highest BCUT2D eigenvalue weighted by molar-refractivity contribution is 6.01. The average Bonchev–Trinajstić information content (AvgIpc) is 3.39. The zero-order chi connectivity index (χ0) is 28.2. The number of piperidine rings is 2. The number of nitrogens with one attached hydrogen (secondary N) is 1. The third-order valence-electron chi connectivity index (χ3n) is 9.51. The second kappa shape index (κ2) is 10.1. The Morgan fingerprint density at radius 1 is 1.02 bits per heavy atom. The number of anilines is 1. The first kappa shape index (κ1) is 26.4. The van der Waals surface area contributed by atoms with Crippen molar-refractivity contribution in [3.63, 3.8) is 0 Å². The minimum atomic E-state index is -0.862. The summed E-state index contributed by atoms with van der Waals surface area (Å²) in [5, 5.41) is 27.3. The maximum absolute atomic E-state index is 16.6. The van der Waals surface area contributed by atoms with Gasteiger partial charge in [-0.25, -0.2) is 4.39 Å². The number of halogens is 1. The van der Waals surface area contributed by atoms with E-state index >= 15 is 4.39 Å². The van der Waals surface area contributed by atoms with E-state index in [9.17, 15) is 10.2 Å². The number of aliphatic hydroxyl groups is 1. The van der Waals surface area contributed by atoms with Gasteiger partial charge < -0.3 is 25.2 Å². The van der Waals surface area contributed by atoms with Crippen molar-refractivity contribution in [1.82, 2.24) is 15.3 Å². The van der Waals surface area contributed by atoms with E-state index in [4.69, 9.17) is 9.72 Å². The number of hydrogen-bond donors (Lipinski definition) is 3. The maximum Gasteiger partial charge on any atom is 0.319 e. The van der Waals surface area contributed by atoms with E-state index in [-0.39, 0.29) is 22.7 Å². The monoisotopic (exact) mass is 556 g/mol. The molecule has 3 aliphatic rings. The number of nitrogens with zero attached hydrogens (tertiary/aromatic N) is 3. The van der Waals surface area contributed by atoms with Crippen LogP contribution in [0.15, 0.2) is 48.5 Å². The lowest BCUT2D eigenvalue weighted by Crippen LogP contribution is -2.49. The molecule has 7 nitrogen and oxygen atoms in total. The molecule has 7 rings (SSSR count). The van der Waals surface area contributed by atoms with Crippen molar-refractivity contribution in [2.75, 3.05) is 31.1 Å². The van der Waals surface area contributed by atoms with Crippen LogP contribution in [0.4, 0.5) is 10.2 Å². The summed E-state index contributed by atoms with van der Waals surface area (Å²) in [7, 11) is 0. The van der Waals surface area contributed by atoms with Crippen LogP contribution in [0.1, 0.15) is 51.9 Å². The van der Waals surface area contributed by atoms with Crippen molar-refractivity contribution >= 4 is 27.5 Å². The molecule has 0 amide bonds. The van der Waals surface area contributed by atoms with Crippen LogP contribution in [0.3, 0.4) is 0 Å². The van der Waals surface area contributed by atoms with Gasteiger partial charge in [-0.3, -0.25) is 0 Å². The molecule has 3 atom stereocenters. The summed E-state index contributed by atoms with van der Waals surface area (Å²) in [5.74, 6) is 0.179. The molecule has 3 heterocycles. The van der Waals surface area contributed by atoms with Gasteiger partial charge in [0.1, 0.15) is 17.1 Å². The van der Waals surface area contributed by atoms with Gasteiger partial charge in [0.2, 0.25) is 0 Å². The van der Waals surface area contributed by atoms with Gasteiger partial charge in [-0.2, -0.15) is 9.97 Å². The normalized spacial score (nSPS) is 26.4. The number of aromatic nitrogens is 2. The molecule has 0 radical (unpaired) electrons. The van der Waals surface area contributed by atoms with Gasteiger partial charge in [-0.15, -0.1) is 0 Å². The predicted molar refractivity (Wildman–Crippen MR) is 159 cm³/mol. The highest BCUT2D eigenvalue weighted by Gasteiger charge is 2.45. The Balaban J connectivity index is 1.35. The van der Waals surface area contributed by atoms with E-state index in [1.54, 1.807) is 18.2 Å². The molecule has 2 aliphatic heterocycles. The van der Waals surface area contributed by atoms with Crippen LogP contribution in [0, 0.1) is 11.2 Å². The number of phenolic OH excluding ortho intramolecular Hbond substituents is 1. The molecule has 0 bridgehead atoms. The number of rotatable bonds is 5. The molecule has 1 aromatic heterocycles. The molecule has 3 fully saturated rings. The highest BCUT2D eigenvalue weighted by atomic mass is 19.1. The first-order chi connectivity index (χ1) is 19.8. The summed E-state index contributed by atoms with van der Waals surface area (Å²) in [6.07, 6.45) is 7.14. The van der Waals surface area contributed by atoms with Gasteiger partial charge in [0, 0.05) is 35.5 Å². The third kappa shape index (κ3) is 4.77. The lowest BCUT2D eigenvalue weighted by Gasteiger charge is -2.40. The van der Waals surface area contributed by atoms with Gasteiger partial charge in [-0.05, 0) is 86.5 Å². The molecule has 214 valence electrons. The average molecular weight is 557 g/mol. The number of fused-ring (bicyclic) bond motifs is 3. The predicted octanol–water partition coefficient (Wildman–Crippen LogP) is 5.95. The number of benzene rings is 3. The largest absolute Gasteiger partial charge is 0.508 e. The Labute approximate surface area is 239 Å². The fourth-order valence-corrected chi connectivity index (χ4v) is 7.48. The number of phenols is 1.